The van der Waals surface area contributed by atoms with Gasteiger partial charge in [-0.25, -0.2) is 4.98 Å². The van der Waals surface area contributed by atoms with E-state index in [4.69, 9.17) is 10.6 Å². The summed E-state index contributed by atoms with van der Waals surface area (Å²) in [4.78, 5) is 4.23. The molecule has 1 unspecified atom stereocenters. The Kier molecular flexibility index (Phi) is 5.33. The van der Waals surface area contributed by atoms with E-state index in [2.05, 4.69) is 38.4 Å². The van der Waals surface area contributed by atoms with E-state index in [-0.39, 0.29) is 6.04 Å². The Morgan fingerprint density at radius 2 is 2.29 bits per heavy atom. The Labute approximate surface area is 132 Å². The number of nitrogens with one attached hydrogen (secondary N) is 1. The van der Waals surface area contributed by atoms with Crippen molar-refractivity contribution in [1.82, 2.24) is 20.2 Å². The molecule has 21 heavy (non-hydrogen) atoms. The minimum atomic E-state index is -0.105. The van der Waals surface area contributed by atoms with Gasteiger partial charge in [0.1, 0.15) is 0 Å². The standard InChI is InChI=1S/C14H20BrN5O/c1-4-20-12(13(15)9(2)19-20)8-11(18-16)10-6-5-7-17-14(10)21-3/h5-7,11,18H,4,8,16H2,1-3H3. The largest absolute Gasteiger partial charge is 0.481 e. The number of hydrogen-bond donors (Lipinski definition) is 2. The zero-order valence-electron chi connectivity index (χ0n) is 12.4. The Morgan fingerprint density at radius 1 is 1.52 bits per heavy atom. The second-order valence-electron chi connectivity index (χ2n) is 4.69. The molecule has 2 aromatic rings. The summed E-state index contributed by atoms with van der Waals surface area (Å²) >= 11 is 3.61. The molecule has 0 saturated carbocycles. The smallest absolute Gasteiger partial charge is 0.217 e. The fourth-order valence-electron chi connectivity index (χ4n) is 2.36. The molecule has 0 saturated heterocycles. The third kappa shape index (κ3) is 3.25. The van der Waals surface area contributed by atoms with Gasteiger partial charge in [0.15, 0.2) is 0 Å². The lowest BCUT2D eigenvalue weighted by atomic mass is 10.0. The Morgan fingerprint density at radius 3 is 2.90 bits per heavy atom. The van der Waals surface area contributed by atoms with E-state index in [1.54, 1.807) is 13.3 Å². The summed E-state index contributed by atoms with van der Waals surface area (Å²) in [5, 5.41) is 4.51. The number of nitrogens with zero attached hydrogens (tertiary/aromatic N) is 3. The molecule has 0 aliphatic rings. The maximum Gasteiger partial charge on any atom is 0.217 e. The van der Waals surface area contributed by atoms with E-state index in [9.17, 15) is 0 Å². The second kappa shape index (κ2) is 7.02. The molecule has 2 aromatic heterocycles. The van der Waals surface area contributed by atoms with Crippen LogP contribution in [0.1, 0.15) is 29.9 Å². The van der Waals surface area contributed by atoms with Crippen LogP contribution in [-0.4, -0.2) is 21.9 Å². The van der Waals surface area contributed by atoms with Crippen molar-refractivity contribution in [1.29, 1.82) is 0 Å². The van der Waals surface area contributed by atoms with Crippen LogP contribution in [-0.2, 0) is 13.0 Å². The zero-order valence-corrected chi connectivity index (χ0v) is 14.0. The summed E-state index contributed by atoms with van der Waals surface area (Å²) in [6.07, 6.45) is 2.39. The Balaban J connectivity index is 2.36. The summed E-state index contributed by atoms with van der Waals surface area (Å²) < 4.78 is 8.32. The minimum absolute atomic E-state index is 0.105. The highest BCUT2D eigenvalue weighted by Crippen LogP contribution is 2.29. The number of hydrogen-bond acceptors (Lipinski definition) is 5. The summed E-state index contributed by atoms with van der Waals surface area (Å²) in [5.41, 5.74) is 5.85. The third-order valence-corrected chi connectivity index (χ3v) is 4.45. The van der Waals surface area contributed by atoms with Gasteiger partial charge in [-0.3, -0.25) is 16.0 Å². The van der Waals surface area contributed by atoms with Crippen LogP contribution in [0.25, 0.3) is 0 Å². The molecule has 2 heterocycles. The summed E-state index contributed by atoms with van der Waals surface area (Å²) in [6.45, 7) is 4.86. The van der Waals surface area contributed by atoms with Gasteiger partial charge >= 0.3 is 0 Å². The Bertz CT molecular complexity index is 613. The summed E-state index contributed by atoms with van der Waals surface area (Å²) in [7, 11) is 1.61. The van der Waals surface area contributed by atoms with Crippen molar-refractivity contribution >= 4 is 15.9 Å². The topological polar surface area (TPSA) is 78.0 Å². The van der Waals surface area contributed by atoms with Crippen LogP contribution in [0.4, 0.5) is 0 Å². The number of rotatable bonds is 6. The molecular weight excluding hydrogens is 334 g/mol. The first-order valence-electron chi connectivity index (χ1n) is 6.79. The highest BCUT2D eigenvalue weighted by Gasteiger charge is 2.21. The molecule has 2 rings (SSSR count). The van der Waals surface area contributed by atoms with Gasteiger partial charge in [-0.2, -0.15) is 5.10 Å². The van der Waals surface area contributed by atoms with Crippen LogP contribution in [0.5, 0.6) is 5.88 Å². The van der Waals surface area contributed by atoms with Crippen LogP contribution in [0.15, 0.2) is 22.8 Å². The molecule has 114 valence electrons. The van der Waals surface area contributed by atoms with E-state index < -0.39 is 0 Å². The number of methoxy groups -OCH3 is 1. The normalized spacial score (nSPS) is 12.4. The predicted molar refractivity (Wildman–Crippen MR) is 84.9 cm³/mol. The summed E-state index contributed by atoms with van der Waals surface area (Å²) in [6, 6.07) is 3.73. The number of halogens is 1. The van der Waals surface area contributed by atoms with Gasteiger partial charge in [-0.05, 0) is 35.8 Å². The van der Waals surface area contributed by atoms with E-state index in [1.165, 1.54) is 0 Å². The lowest BCUT2D eigenvalue weighted by Crippen LogP contribution is -2.30. The van der Waals surface area contributed by atoms with Crippen molar-refractivity contribution in [2.24, 2.45) is 5.84 Å². The van der Waals surface area contributed by atoms with Gasteiger partial charge in [0.25, 0.3) is 0 Å². The number of aromatic nitrogens is 3. The zero-order chi connectivity index (χ0) is 15.4. The van der Waals surface area contributed by atoms with Gasteiger partial charge in [0.05, 0.1) is 29.0 Å². The molecule has 0 radical (unpaired) electrons. The third-order valence-electron chi connectivity index (χ3n) is 3.42. The van der Waals surface area contributed by atoms with Crippen molar-refractivity contribution < 1.29 is 4.74 Å². The molecular formula is C14H20BrN5O. The van der Waals surface area contributed by atoms with Crippen molar-refractivity contribution in [3.8, 4) is 5.88 Å². The predicted octanol–water partition coefficient (Wildman–Crippen LogP) is 2.12. The second-order valence-corrected chi connectivity index (χ2v) is 5.48. The Hall–Kier alpha value is -1.44. The molecule has 0 fully saturated rings. The van der Waals surface area contributed by atoms with Crippen molar-refractivity contribution in [3.05, 3.63) is 39.8 Å². The van der Waals surface area contributed by atoms with Crippen LogP contribution in [0.2, 0.25) is 0 Å². The van der Waals surface area contributed by atoms with Crippen molar-refractivity contribution in [2.45, 2.75) is 32.9 Å². The van der Waals surface area contributed by atoms with Crippen LogP contribution >= 0.6 is 15.9 Å². The molecule has 7 heteroatoms. The average molecular weight is 354 g/mol. The van der Waals surface area contributed by atoms with Gasteiger partial charge in [-0.15, -0.1) is 0 Å². The molecule has 0 aliphatic carbocycles. The number of nitrogens with two attached hydrogens (primary N) is 1. The minimum Gasteiger partial charge on any atom is -0.481 e. The molecule has 0 amide bonds. The number of pyridine rings is 1. The van der Waals surface area contributed by atoms with Crippen molar-refractivity contribution in [3.63, 3.8) is 0 Å². The lowest BCUT2D eigenvalue weighted by molar-refractivity contribution is 0.381. The van der Waals surface area contributed by atoms with E-state index in [1.807, 2.05) is 23.7 Å². The highest BCUT2D eigenvalue weighted by molar-refractivity contribution is 9.10. The fraction of sp³-hybridized carbons (Fsp3) is 0.429. The maximum absolute atomic E-state index is 5.75. The molecule has 0 aromatic carbocycles. The molecule has 0 bridgehead atoms. The lowest BCUT2D eigenvalue weighted by Gasteiger charge is -2.19. The average Bonchev–Trinajstić information content (AvgIpc) is 2.79. The van der Waals surface area contributed by atoms with Crippen LogP contribution in [0.3, 0.4) is 0 Å². The molecule has 6 nitrogen and oxygen atoms in total. The monoisotopic (exact) mass is 353 g/mol. The fourth-order valence-corrected chi connectivity index (χ4v) is 2.80. The van der Waals surface area contributed by atoms with E-state index >= 15 is 0 Å². The van der Waals surface area contributed by atoms with E-state index in [0.29, 0.717) is 12.3 Å². The number of hydrazine groups is 1. The quantitative estimate of drug-likeness (QED) is 0.614. The van der Waals surface area contributed by atoms with Gasteiger partial charge in [0, 0.05) is 24.7 Å². The first-order valence-corrected chi connectivity index (χ1v) is 7.58. The van der Waals surface area contributed by atoms with Crippen LogP contribution < -0.4 is 16.0 Å². The SMILES string of the molecule is CCn1nc(C)c(Br)c1CC(NN)c1cccnc1OC. The first kappa shape index (κ1) is 15.9. The van der Waals surface area contributed by atoms with Gasteiger partial charge in [0.2, 0.25) is 5.88 Å². The van der Waals surface area contributed by atoms with Gasteiger partial charge < -0.3 is 4.74 Å². The van der Waals surface area contributed by atoms with Gasteiger partial charge in [-0.1, -0.05) is 6.07 Å². The molecule has 0 aliphatic heterocycles. The number of aryl methyl sites for hydroxylation is 2. The number of ether oxygens (including phenoxy) is 1. The van der Waals surface area contributed by atoms with E-state index in [0.717, 1.165) is 28.0 Å². The molecule has 0 spiro atoms. The maximum atomic E-state index is 5.75. The highest BCUT2D eigenvalue weighted by atomic mass is 79.9. The molecule has 3 N–H and O–H groups in total. The molecule has 1 atom stereocenters. The van der Waals surface area contributed by atoms with Crippen molar-refractivity contribution in [2.75, 3.05) is 7.11 Å². The first-order chi connectivity index (χ1) is 10.1. The van der Waals surface area contributed by atoms with Crippen LogP contribution in [0, 0.1) is 6.92 Å². The summed E-state index contributed by atoms with van der Waals surface area (Å²) in [5.74, 6) is 6.33.